The Morgan fingerprint density at radius 1 is 1.17 bits per heavy atom. The van der Waals surface area contributed by atoms with Crippen molar-refractivity contribution in [1.29, 1.82) is 0 Å². The average molecular weight is 424 g/mol. The van der Waals surface area contributed by atoms with Crippen LogP contribution in [-0.2, 0) is 11.2 Å². The van der Waals surface area contributed by atoms with Crippen molar-refractivity contribution in [2.45, 2.75) is 30.3 Å². The second kappa shape index (κ2) is 8.47. The van der Waals surface area contributed by atoms with Crippen molar-refractivity contribution >= 4 is 35.1 Å². The molecular formula is C22H21N3O2S2. The third kappa shape index (κ3) is 4.41. The van der Waals surface area contributed by atoms with Crippen molar-refractivity contribution in [1.82, 2.24) is 9.55 Å². The van der Waals surface area contributed by atoms with Crippen molar-refractivity contribution < 1.29 is 4.79 Å². The van der Waals surface area contributed by atoms with Gasteiger partial charge < -0.3 is 5.32 Å². The van der Waals surface area contributed by atoms with Crippen molar-refractivity contribution in [3.05, 3.63) is 75.7 Å². The van der Waals surface area contributed by atoms with Crippen LogP contribution in [0.25, 0.3) is 5.69 Å². The van der Waals surface area contributed by atoms with Crippen LogP contribution in [0.3, 0.4) is 0 Å². The number of benzene rings is 2. The summed E-state index contributed by atoms with van der Waals surface area (Å²) >= 11 is 2.85. The van der Waals surface area contributed by atoms with Crippen LogP contribution in [0.1, 0.15) is 16.8 Å². The van der Waals surface area contributed by atoms with E-state index in [0.29, 0.717) is 5.16 Å². The first-order chi connectivity index (χ1) is 14.0. The molecule has 0 bridgehead atoms. The van der Waals surface area contributed by atoms with E-state index in [2.05, 4.69) is 5.32 Å². The van der Waals surface area contributed by atoms with Gasteiger partial charge in [-0.1, -0.05) is 41.6 Å². The van der Waals surface area contributed by atoms with E-state index in [-0.39, 0.29) is 17.2 Å². The van der Waals surface area contributed by atoms with Crippen molar-refractivity contribution in [2.24, 2.45) is 0 Å². The lowest BCUT2D eigenvalue weighted by molar-refractivity contribution is -0.113. The Morgan fingerprint density at radius 2 is 1.97 bits per heavy atom. The molecule has 0 unspecified atom stereocenters. The molecule has 1 aliphatic rings. The van der Waals surface area contributed by atoms with Gasteiger partial charge >= 0.3 is 0 Å². The molecule has 0 spiro atoms. The summed E-state index contributed by atoms with van der Waals surface area (Å²) in [4.78, 5) is 31.0. The molecule has 1 aliphatic heterocycles. The molecule has 2 aromatic carbocycles. The van der Waals surface area contributed by atoms with E-state index in [0.717, 1.165) is 45.3 Å². The van der Waals surface area contributed by atoms with Gasteiger partial charge in [-0.2, -0.15) is 0 Å². The Bertz CT molecular complexity index is 1120. The summed E-state index contributed by atoms with van der Waals surface area (Å²) in [7, 11) is 0. The number of carbonyl (C=O) groups is 1. The molecule has 7 heteroatoms. The van der Waals surface area contributed by atoms with E-state index >= 15 is 0 Å². The maximum Gasteiger partial charge on any atom is 0.272 e. The predicted molar refractivity (Wildman–Crippen MR) is 120 cm³/mol. The first-order valence-electron chi connectivity index (χ1n) is 9.36. The number of nitrogens with zero attached hydrogens (tertiary/aromatic N) is 2. The van der Waals surface area contributed by atoms with E-state index in [1.807, 2.05) is 62.4 Å². The number of hydrogen-bond donors (Lipinski definition) is 1. The molecule has 1 N–H and O–H groups in total. The van der Waals surface area contributed by atoms with Gasteiger partial charge in [0.05, 0.1) is 22.0 Å². The molecule has 0 aliphatic carbocycles. The molecular weight excluding hydrogens is 402 g/mol. The topological polar surface area (TPSA) is 64.0 Å². The third-order valence-electron chi connectivity index (χ3n) is 4.59. The van der Waals surface area contributed by atoms with Crippen LogP contribution in [0.4, 0.5) is 5.69 Å². The predicted octanol–water partition coefficient (Wildman–Crippen LogP) is 4.23. The monoisotopic (exact) mass is 423 g/mol. The Balaban J connectivity index is 1.61. The number of hydrogen-bond acceptors (Lipinski definition) is 5. The van der Waals surface area contributed by atoms with E-state index in [1.165, 1.54) is 11.8 Å². The zero-order valence-corrected chi connectivity index (χ0v) is 17.9. The zero-order chi connectivity index (χ0) is 20.4. The number of carbonyl (C=O) groups excluding carboxylic acids is 1. The molecule has 1 amide bonds. The summed E-state index contributed by atoms with van der Waals surface area (Å²) < 4.78 is 1.63. The van der Waals surface area contributed by atoms with E-state index in [9.17, 15) is 9.59 Å². The Hall–Kier alpha value is -2.51. The number of rotatable bonds is 5. The highest BCUT2D eigenvalue weighted by molar-refractivity contribution is 8.00. The quantitative estimate of drug-likeness (QED) is 0.492. The van der Waals surface area contributed by atoms with Crippen molar-refractivity contribution in [3.8, 4) is 5.69 Å². The summed E-state index contributed by atoms with van der Waals surface area (Å²) in [5.41, 5.74) is 4.53. The van der Waals surface area contributed by atoms with E-state index < -0.39 is 0 Å². The van der Waals surface area contributed by atoms with Crippen molar-refractivity contribution in [2.75, 3.05) is 16.8 Å². The molecule has 29 heavy (non-hydrogen) atoms. The lowest BCUT2D eigenvalue weighted by Gasteiger charge is -2.14. The van der Waals surface area contributed by atoms with Crippen molar-refractivity contribution in [3.63, 3.8) is 0 Å². The molecule has 0 radical (unpaired) electrons. The summed E-state index contributed by atoms with van der Waals surface area (Å²) in [6.07, 6.45) is 0.785. The minimum Gasteiger partial charge on any atom is -0.325 e. The molecule has 0 saturated carbocycles. The number of nitrogens with one attached hydrogen (secondary N) is 1. The number of anilines is 1. The van der Waals surface area contributed by atoms with Crippen LogP contribution in [0.5, 0.6) is 0 Å². The smallest absolute Gasteiger partial charge is 0.272 e. The van der Waals surface area contributed by atoms with Gasteiger partial charge in [-0.05, 0) is 43.7 Å². The van der Waals surface area contributed by atoms with E-state index in [1.54, 1.807) is 16.3 Å². The van der Waals surface area contributed by atoms with Crippen LogP contribution in [0.2, 0.25) is 0 Å². The van der Waals surface area contributed by atoms with Crippen LogP contribution < -0.4 is 10.9 Å². The summed E-state index contributed by atoms with van der Waals surface area (Å²) in [5, 5.41) is 3.46. The molecule has 0 atom stereocenters. The van der Waals surface area contributed by atoms with Gasteiger partial charge in [0.2, 0.25) is 5.91 Å². The number of aromatic nitrogens is 2. The van der Waals surface area contributed by atoms with E-state index in [4.69, 9.17) is 4.98 Å². The van der Waals surface area contributed by atoms with Gasteiger partial charge in [-0.3, -0.25) is 14.2 Å². The second-order valence-electron chi connectivity index (χ2n) is 6.95. The highest BCUT2D eigenvalue weighted by atomic mass is 32.2. The first kappa shape index (κ1) is 19.8. The maximum atomic E-state index is 13.1. The molecule has 1 aromatic heterocycles. The molecule has 2 heterocycles. The fourth-order valence-corrected chi connectivity index (χ4v) is 5.01. The Labute approximate surface area is 177 Å². The zero-order valence-electron chi connectivity index (χ0n) is 16.3. The standard InChI is InChI=1S/C22H21N3O2S2/c1-14-6-8-17(9-7-14)25-21(27)20-18(10-11-28-20)24-22(25)29-13-19(26)23-16-5-3-4-15(2)12-16/h3-9,12H,10-11,13H2,1-2H3,(H,23,26). The second-order valence-corrected chi connectivity index (χ2v) is 9.00. The fraction of sp³-hybridized carbons (Fsp3) is 0.227. The summed E-state index contributed by atoms with van der Waals surface area (Å²) in [6, 6.07) is 15.5. The summed E-state index contributed by atoms with van der Waals surface area (Å²) in [5.74, 6) is 0.922. The largest absolute Gasteiger partial charge is 0.325 e. The maximum absolute atomic E-state index is 13.1. The first-order valence-corrected chi connectivity index (χ1v) is 11.3. The minimum absolute atomic E-state index is 0.0528. The SMILES string of the molecule is Cc1ccc(-n2c(SCC(=O)Nc3cccc(C)c3)nc3c(c2=O)SCC3)cc1. The fourth-order valence-electron chi connectivity index (χ4n) is 3.16. The minimum atomic E-state index is -0.125. The molecule has 5 nitrogen and oxygen atoms in total. The van der Waals surface area contributed by atoms with Gasteiger partial charge in [-0.25, -0.2) is 4.98 Å². The lowest BCUT2D eigenvalue weighted by atomic mass is 10.2. The lowest BCUT2D eigenvalue weighted by Crippen LogP contribution is -2.24. The van der Waals surface area contributed by atoms with Gasteiger partial charge in [0.1, 0.15) is 0 Å². The Kier molecular flexibility index (Phi) is 5.78. The molecule has 4 rings (SSSR count). The number of thioether (sulfide) groups is 2. The summed E-state index contributed by atoms with van der Waals surface area (Å²) in [6.45, 7) is 3.99. The molecule has 0 fully saturated rings. The third-order valence-corrected chi connectivity index (χ3v) is 6.64. The molecule has 148 valence electrons. The average Bonchev–Trinajstić information content (AvgIpc) is 3.16. The van der Waals surface area contributed by atoms with Gasteiger partial charge in [0.25, 0.3) is 5.56 Å². The normalized spacial score (nSPS) is 12.6. The van der Waals surface area contributed by atoms with Gasteiger partial charge in [0.15, 0.2) is 5.16 Å². The molecule has 0 saturated heterocycles. The Morgan fingerprint density at radius 3 is 2.72 bits per heavy atom. The van der Waals surface area contributed by atoms with Crippen LogP contribution >= 0.6 is 23.5 Å². The highest BCUT2D eigenvalue weighted by Crippen LogP contribution is 2.30. The van der Waals surface area contributed by atoms with Gasteiger partial charge in [0, 0.05) is 17.9 Å². The van der Waals surface area contributed by atoms with Crippen LogP contribution in [0, 0.1) is 13.8 Å². The number of amides is 1. The highest BCUT2D eigenvalue weighted by Gasteiger charge is 2.23. The van der Waals surface area contributed by atoms with Crippen LogP contribution in [-0.4, -0.2) is 27.0 Å². The van der Waals surface area contributed by atoms with Crippen LogP contribution in [0.15, 0.2) is 63.4 Å². The number of fused-ring (bicyclic) bond motifs is 1. The number of aryl methyl sites for hydroxylation is 3. The van der Waals surface area contributed by atoms with Gasteiger partial charge in [-0.15, -0.1) is 11.8 Å². The molecule has 3 aromatic rings.